The second kappa shape index (κ2) is 8.97. The molecule has 5 nitrogen and oxygen atoms in total. The third-order valence-electron chi connectivity index (χ3n) is 5.71. The number of alkyl halides is 3. The minimum Gasteiger partial charge on any atom is -0.363 e. The molecule has 1 amide bonds. The number of anilines is 1. The topological polar surface area (TPSA) is 59.0 Å². The SMILES string of the molecule is CCc1ccc([C@H]2C[C@@H](C(F)(F)F)n3ncc(CC(=O)NCc4ccc(C)s4)c3N2)cc1. The molecule has 3 aromatic rings. The number of thiophene rings is 1. The molecule has 0 saturated heterocycles. The van der Waals surface area contributed by atoms with Crippen LogP contribution >= 0.6 is 11.3 Å². The quantitative estimate of drug-likeness (QED) is 0.520. The van der Waals surface area contributed by atoms with Crippen LogP contribution in [0.1, 0.15) is 51.9 Å². The van der Waals surface area contributed by atoms with E-state index in [2.05, 4.69) is 15.7 Å². The number of hydrogen-bond donors (Lipinski definition) is 2. The van der Waals surface area contributed by atoms with E-state index in [1.165, 1.54) is 6.20 Å². The van der Waals surface area contributed by atoms with Crippen molar-refractivity contribution in [2.75, 3.05) is 5.32 Å². The van der Waals surface area contributed by atoms with Crippen LogP contribution in [0.4, 0.5) is 19.0 Å². The second-order valence-corrected chi connectivity index (χ2v) is 9.39. The van der Waals surface area contributed by atoms with Gasteiger partial charge in [-0.1, -0.05) is 31.2 Å². The van der Waals surface area contributed by atoms with E-state index in [4.69, 9.17) is 0 Å². The van der Waals surface area contributed by atoms with E-state index in [1.54, 1.807) is 11.3 Å². The number of aromatic nitrogens is 2. The van der Waals surface area contributed by atoms with Crippen molar-refractivity contribution in [1.82, 2.24) is 15.1 Å². The molecule has 0 saturated carbocycles. The van der Waals surface area contributed by atoms with Gasteiger partial charge in [0.05, 0.1) is 25.2 Å². The number of hydrogen-bond acceptors (Lipinski definition) is 4. The number of halogens is 3. The highest BCUT2D eigenvalue weighted by atomic mass is 32.1. The molecule has 1 aliphatic heterocycles. The van der Waals surface area contributed by atoms with Crippen LogP contribution < -0.4 is 10.6 Å². The molecule has 0 bridgehead atoms. The Labute approximate surface area is 188 Å². The Bertz CT molecular complexity index is 1090. The highest BCUT2D eigenvalue weighted by molar-refractivity contribution is 7.11. The highest BCUT2D eigenvalue weighted by Crippen LogP contribution is 2.44. The van der Waals surface area contributed by atoms with Crippen molar-refractivity contribution >= 4 is 23.1 Å². The van der Waals surface area contributed by atoms with Crippen LogP contribution in [-0.2, 0) is 24.2 Å². The number of aryl methyl sites for hydroxylation is 2. The van der Waals surface area contributed by atoms with E-state index in [0.29, 0.717) is 12.1 Å². The first-order chi connectivity index (χ1) is 15.2. The number of nitrogens with one attached hydrogen (secondary N) is 2. The normalized spacial score (nSPS) is 18.2. The number of carbonyl (C=O) groups is 1. The van der Waals surface area contributed by atoms with Crippen LogP contribution in [0.3, 0.4) is 0 Å². The molecular formula is C23H25F3N4OS. The highest BCUT2D eigenvalue weighted by Gasteiger charge is 2.46. The fourth-order valence-corrected chi connectivity index (χ4v) is 4.78. The molecule has 32 heavy (non-hydrogen) atoms. The number of nitrogens with zero attached hydrogens (tertiary/aromatic N) is 2. The maximum absolute atomic E-state index is 13.8. The smallest absolute Gasteiger partial charge is 0.363 e. The zero-order chi connectivity index (χ0) is 22.9. The molecule has 170 valence electrons. The molecule has 9 heteroatoms. The van der Waals surface area contributed by atoms with Crippen LogP contribution in [0.15, 0.2) is 42.6 Å². The summed E-state index contributed by atoms with van der Waals surface area (Å²) in [6.07, 6.45) is -2.42. The molecule has 2 aromatic heterocycles. The monoisotopic (exact) mass is 462 g/mol. The van der Waals surface area contributed by atoms with Crippen LogP contribution in [0.2, 0.25) is 0 Å². The molecule has 2 atom stereocenters. The van der Waals surface area contributed by atoms with E-state index in [1.807, 2.05) is 50.2 Å². The van der Waals surface area contributed by atoms with Crippen molar-refractivity contribution < 1.29 is 18.0 Å². The van der Waals surface area contributed by atoms with Gasteiger partial charge < -0.3 is 10.6 Å². The van der Waals surface area contributed by atoms with Gasteiger partial charge in [0.2, 0.25) is 5.91 Å². The molecule has 1 aliphatic rings. The predicted octanol–water partition coefficient (Wildman–Crippen LogP) is 5.33. The number of carbonyl (C=O) groups excluding carboxylic acids is 1. The Balaban J connectivity index is 1.54. The Morgan fingerprint density at radius 3 is 2.62 bits per heavy atom. The van der Waals surface area contributed by atoms with Gasteiger partial charge in [0, 0.05) is 21.7 Å². The first-order valence-corrected chi connectivity index (χ1v) is 11.4. The predicted molar refractivity (Wildman–Crippen MR) is 119 cm³/mol. The van der Waals surface area contributed by atoms with E-state index in [9.17, 15) is 18.0 Å². The van der Waals surface area contributed by atoms with Crippen molar-refractivity contribution in [1.29, 1.82) is 0 Å². The molecule has 0 aliphatic carbocycles. The van der Waals surface area contributed by atoms with Gasteiger partial charge in [0.1, 0.15) is 5.82 Å². The maximum Gasteiger partial charge on any atom is 0.410 e. The summed E-state index contributed by atoms with van der Waals surface area (Å²) in [4.78, 5) is 14.7. The lowest BCUT2D eigenvalue weighted by molar-refractivity contribution is -0.173. The van der Waals surface area contributed by atoms with Crippen molar-refractivity contribution in [2.24, 2.45) is 0 Å². The molecule has 4 rings (SSSR count). The standard InChI is InChI=1S/C23H25F3N4OS/c1-3-15-5-7-16(8-6-15)19-11-20(23(24,25)26)30-22(29-19)17(12-28-30)10-21(31)27-13-18-9-4-14(2)32-18/h4-9,12,19-20,29H,3,10-11,13H2,1-2H3,(H,27,31)/t19-,20+/m1/s1. The van der Waals surface area contributed by atoms with Crippen molar-refractivity contribution in [3.8, 4) is 0 Å². The molecule has 3 heterocycles. The molecule has 2 N–H and O–H groups in total. The minimum absolute atomic E-state index is 0.0429. The molecule has 0 unspecified atom stereocenters. The van der Waals surface area contributed by atoms with Gasteiger partial charge in [-0.3, -0.25) is 4.79 Å². The minimum atomic E-state index is -4.44. The summed E-state index contributed by atoms with van der Waals surface area (Å²) < 4.78 is 42.5. The second-order valence-electron chi connectivity index (χ2n) is 8.01. The number of amides is 1. The molecule has 0 radical (unpaired) electrons. The van der Waals surface area contributed by atoms with Gasteiger partial charge >= 0.3 is 6.18 Å². The third-order valence-corrected chi connectivity index (χ3v) is 6.71. The Hall–Kier alpha value is -2.81. The van der Waals surface area contributed by atoms with E-state index in [-0.39, 0.29) is 24.6 Å². The summed E-state index contributed by atoms with van der Waals surface area (Å²) in [5.74, 6) is -0.00287. The lowest BCUT2D eigenvalue weighted by Gasteiger charge is -2.34. The fraction of sp³-hybridized carbons (Fsp3) is 0.391. The average Bonchev–Trinajstić information content (AvgIpc) is 3.37. The number of rotatable bonds is 6. The Morgan fingerprint density at radius 2 is 2.00 bits per heavy atom. The van der Waals surface area contributed by atoms with Crippen LogP contribution in [0.5, 0.6) is 0 Å². The molecular weight excluding hydrogens is 437 g/mol. The summed E-state index contributed by atoms with van der Waals surface area (Å²) in [6.45, 7) is 4.42. The van der Waals surface area contributed by atoms with Gasteiger partial charge in [0.15, 0.2) is 6.04 Å². The van der Waals surface area contributed by atoms with Crippen LogP contribution in [0.25, 0.3) is 0 Å². The van der Waals surface area contributed by atoms with Gasteiger partial charge in [-0.05, 0) is 36.6 Å². The van der Waals surface area contributed by atoms with E-state index in [0.717, 1.165) is 32.0 Å². The Kier molecular flexibility index (Phi) is 6.28. The summed E-state index contributed by atoms with van der Waals surface area (Å²) in [5.41, 5.74) is 2.36. The van der Waals surface area contributed by atoms with Crippen LogP contribution in [-0.4, -0.2) is 21.9 Å². The number of fused-ring (bicyclic) bond motifs is 1. The van der Waals surface area contributed by atoms with Crippen molar-refractivity contribution in [3.63, 3.8) is 0 Å². The van der Waals surface area contributed by atoms with Gasteiger partial charge in [-0.25, -0.2) is 4.68 Å². The molecule has 0 fully saturated rings. The van der Waals surface area contributed by atoms with Crippen molar-refractivity contribution in [3.05, 3.63) is 69.0 Å². The zero-order valence-corrected chi connectivity index (χ0v) is 18.7. The average molecular weight is 463 g/mol. The van der Waals surface area contributed by atoms with Gasteiger partial charge in [0.25, 0.3) is 0 Å². The van der Waals surface area contributed by atoms with E-state index >= 15 is 0 Å². The van der Waals surface area contributed by atoms with E-state index < -0.39 is 18.3 Å². The number of benzene rings is 1. The third kappa shape index (κ3) is 4.82. The molecule has 0 spiro atoms. The lowest BCUT2D eigenvalue weighted by atomic mass is 9.95. The Morgan fingerprint density at radius 1 is 1.25 bits per heavy atom. The largest absolute Gasteiger partial charge is 0.410 e. The van der Waals surface area contributed by atoms with Gasteiger partial charge in [-0.15, -0.1) is 11.3 Å². The summed E-state index contributed by atoms with van der Waals surface area (Å²) in [6, 6.07) is 9.27. The summed E-state index contributed by atoms with van der Waals surface area (Å²) in [7, 11) is 0. The van der Waals surface area contributed by atoms with Crippen molar-refractivity contribution in [2.45, 2.75) is 57.9 Å². The van der Waals surface area contributed by atoms with Crippen LogP contribution in [0, 0.1) is 6.92 Å². The lowest BCUT2D eigenvalue weighted by Crippen LogP contribution is -2.36. The van der Waals surface area contributed by atoms with Gasteiger partial charge in [-0.2, -0.15) is 18.3 Å². The summed E-state index contributed by atoms with van der Waals surface area (Å²) in [5, 5.41) is 10.0. The molecule has 1 aromatic carbocycles. The zero-order valence-electron chi connectivity index (χ0n) is 17.9. The fourth-order valence-electron chi connectivity index (χ4n) is 3.95. The maximum atomic E-state index is 13.8. The first-order valence-electron chi connectivity index (χ1n) is 10.5. The summed E-state index contributed by atoms with van der Waals surface area (Å²) >= 11 is 1.60. The first kappa shape index (κ1) is 22.4.